The molecule has 9 nitrogen and oxygen atoms in total. The normalized spacial score (nSPS) is 17.4. The van der Waals surface area contributed by atoms with E-state index >= 15 is 0 Å². The Labute approximate surface area is 198 Å². The number of nitrogens with one attached hydrogen (secondary N) is 1. The van der Waals surface area contributed by atoms with Crippen LogP contribution in [-0.2, 0) is 19.2 Å². The Balaban J connectivity index is 1.61. The van der Waals surface area contributed by atoms with Crippen molar-refractivity contribution in [1.82, 2.24) is 4.90 Å². The number of thiocarbonyl (C=S) groups is 1. The van der Waals surface area contributed by atoms with Crippen molar-refractivity contribution >= 4 is 68.9 Å². The molecule has 4 rings (SSSR count). The van der Waals surface area contributed by atoms with E-state index in [2.05, 4.69) is 5.32 Å². The van der Waals surface area contributed by atoms with Gasteiger partial charge < -0.3 is 15.2 Å². The lowest BCUT2D eigenvalue weighted by molar-refractivity contribution is -0.140. The molecular weight excluding hydrogens is 466 g/mol. The van der Waals surface area contributed by atoms with Gasteiger partial charge in [0.2, 0.25) is 5.91 Å². The van der Waals surface area contributed by atoms with Crippen LogP contribution >= 0.6 is 24.0 Å². The lowest BCUT2D eigenvalue weighted by Crippen LogP contribution is -2.36. The van der Waals surface area contributed by atoms with Crippen LogP contribution < -0.4 is 15.0 Å². The van der Waals surface area contributed by atoms with Crippen molar-refractivity contribution in [1.29, 1.82) is 0 Å². The van der Waals surface area contributed by atoms with E-state index in [0.29, 0.717) is 22.7 Å². The van der Waals surface area contributed by atoms with Crippen molar-refractivity contribution in [2.45, 2.75) is 0 Å². The summed E-state index contributed by atoms with van der Waals surface area (Å²) < 4.78 is 5.16. The van der Waals surface area contributed by atoms with Gasteiger partial charge in [-0.3, -0.25) is 29.0 Å². The maximum atomic E-state index is 13.3. The zero-order valence-corrected chi connectivity index (χ0v) is 18.9. The van der Waals surface area contributed by atoms with Crippen LogP contribution in [0.4, 0.5) is 11.4 Å². The first-order valence-corrected chi connectivity index (χ1v) is 10.9. The number of fused-ring (bicyclic) bond motifs is 1. The number of carboxylic acid groups (broad SMARTS) is 1. The quantitative estimate of drug-likeness (QED) is 0.475. The van der Waals surface area contributed by atoms with E-state index in [1.54, 1.807) is 48.5 Å². The third-order valence-corrected chi connectivity index (χ3v) is 6.42. The van der Waals surface area contributed by atoms with Crippen molar-refractivity contribution in [2.24, 2.45) is 0 Å². The molecule has 2 aromatic rings. The highest BCUT2D eigenvalue weighted by Crippen LogP contribution is 2.44. The van der Waals surface area contributed by atoms with Crippen LogP contribution in [0.25, 0.3) is 5.57 Å². The van der Waals surface area contributed by atoms with Crippen LogP contribution in [0.5, 0.6) is 5.75 Å². The average Bonchev–Trinajstić information content (AvgIpc) is 3.21. The van der Waals surface area contributed by atoms with Gasteiger partial charge in [0.25, 0.3) is 11.8 Å². The summed E-state index contributed by atoms with van der Waals surface area (Å²) in [6.45, 7) is -0.869. The van der Waals surface area contributed by atoms with E-state index in [1.165, 1.54) is 12.0 Å². The maximum Gasteiger partial charge on any atom is 0.323 e. The fourth-order valence-electron chi connectivity index (χ4n) is 3.50. The van der Waals surface area contributed by atoms with Crippen molar-refractivity contribution < 1.29 is 29.0 Å². The minimum absolute atomic E-state index is 0.0526. The predicted octanol–water partition coefficient (Wildman–Crippen LogP) is 2.34. The van der Waals surface area contributed by atoms with Crippen LogP contribution in [0.3, 0.4) is 0 Å². The number of amides is 3. The first-order valence-electron chi connectivity index (χ1n) is 9.65. The number of carboxylic acids is 1. The number of hydrogen-bond acceptors (Lipinski definition) is 7. The van der Waals surface area contributed by atoms with Crippen molar-refractivity contribution in [2.75, 3.05) is 30.4 Å². The van der Waals surface area contributed by atoms with Gasteiger partial charge in [-0.15, -0.1) is 0 Å². The molecule has 3 amide bonds. The first-order chi connectivity index (χ1) is 15.8. The second kappa shape index (κ2) is 9.04. The average molecular weight is 484 g/mol. The summed E-state index contributed by atoms with van der Waals surface area (Å²) in [6.07, 6.45) is 0. The number of carbonyl (C=O) groups is 4. The Morgan fingerprint density at radius 3 is 2.39 bits per heavy atom. The summed E-state index contributed by atoms with van der Waals surface area (Å²) in [5.41, 5.74) is 1.60. The number of para-hydroxylation sites is 1. The third-order valence-electron chi connectivity index (χ3n) is 4.97. The van der Waals surface area contributed by atoms with Gasteiger partial charge in [0.15, 0.2) is 0 Å². The van der Waals surface area contributed by atoms with Gasteiger partial charge in [-0.1, -0.05) is 42.2 Å². The smallest absolute Gasteiger partial charge is 0.323 e. The summed E-state index contributed by atoms with van der Waals surface area (Å²) >= 11 is 6.03. The van der Waals surface area contributed by atoms with Crippen LogP contribution in [0.2, 0.25) is 0 Å². The highest BCUT2D eigenvalue weighted by atomic mass is 32.2. The summed E-state index contributed by atoms with van der Waals surface area (Å²) in [7, 11) is 1.54. The second-order valence-corrected chi connectivity index (χ2v) is 8.69. The highest BCUT2D eigenvalue weighted by molar-refractivity contribution is 8.26. The number of nitrogens with zero attached hydrogens (tertiary/aromatic N) is 2. The Kier molecular flexibility index (Phi) is 6.16. The van der Waals surface area contributed by atoms with Gasteiger partial charge >= 0.3 is 5.97 Å². The number of methoxy groups -OCH3 is 1. The van der Waals surface area contributed by atoms with Crippen LogP contribution in [-0.4, -0.2) is 58.2 Å². The molecule has 2 heterocycles. The number of anilines is 2. The zero-order valence-electron chi connectivity index (χ0n) is 17.2. The summed E-state index contributed by atoms with van der Waals surface area (Å²) in [4.78, 5) is 52.2. The topological polar surface area (TPSA) is 116 Å². The Morgan fingerprint density at radius 2 is 1.73 bits per heavy atom. The minimum atomic E-state index is -1.22. The van der Waals surface area contributed by atoms with E-state index in [1.807, 2.05) is 0 Å². The van der Waals surface area contributed by atoms with Gasteiger partial charge in [-0.05, 0) is 30.3 Å². The van der Waals surface area contributed by atoms with E-state index < -0.39 is 30.2 Å². The Hall–Kier alpha value is -3.70. The number of thioether (sulfide) groups is 1. The number of carbonyl (C=O) groups excluding carboxylic acids is 3. The fourth-order valence-corrected chi connectivity index (χ4v) is 4.82. The molecule has 0 aliphatic carbocycles. The van der Waals surface area contributed by atoms with Crippen LogP contribution in [0, 0.1) is 0 Å². The highest BCUT2D eigenvalue weighted by Gasteiger charge is 2.42. The van der Waals surface area contributed by atoms with E-state index in [4.69, 9.17) is 22.1 Å². The molecule has 2 aromatic carbocycles. The molecule has 0 bridgehead atoms. The van der Waals surface area contributed by atoms with E-state index in [0.717, 1.165) is 16.7 Å². The first kappa shape index (κ1) is 22.5. The monoisotopic (exact) mass is 483 g/mol. The number of benzene rings is 2. The summed E-state index contributed by atoms with van der Waals surface area (Å²) in [5, 5.41) is 11.8. The Bertz CT molecular complexity index is 1220. The molecule has 0 atom stereocenters. The molecule has 33 heavy (non-hydrogen) atoms. The lowest BCUT2D eigenvalue weighted by atomic mass is 10.1. The van der Waals surface area contributed by atoms with Crippen molar-refractivity contribution in [3.8, 4) is 5.75 Å². The van der Waals surface area contributed by atoms with Gasteiger partial charge in [0.1, 0.15) is 23.2 Å². The molecule has 2 N–H and O–H groups in total. The SMILES string of the molecule is COc1ccc(NC(=O)CN2C(=O)/C(=C3\SC(=S)N(CC(=O)O)C3=O)c3ccccc32)cc1. The zero-order chi connectivity index (χ0) is 23.7. The van der Waals surface area contributed by atoms with Gasteiger partial charge in [0, 0.05) is 11.3 Å². The van der Waals surface area contributed by atoms with Crippen molar-refractivity contribution in [3.63, 3.8) is 0 Å². The molecule has 11 heteroatoms. The molecule has 1 fully saturated rings. The molecule has 168 valence electrons. The number of hydrogen-bond donors (Lipinski definition) is 2. The molecule has 0 aromatic heterocycles. The number of aliphatic carboxylic acids is 1. The molecule has 0 spiro atoms. The Morgan fingerprint density at radius 1 is 1.03 bits per heavy atom. The van der Waals surface area contributed by atoms with Gasteiger partial charge in [-0.2, -0.15) is 0 Å². The predicted molar refractivity (Wildman–Crippen MR) is 127 cm³/mol. The lowest BCUT2D eigenvalue weighted by Gasteiger charge is -2.17. The summed E-state index contributed by atoms with van der Waals surface area (Å²) in [5.74, 6) is -2.18. The van der Waals surface area contributed by atoms with E-state index in [9.17, 15) is 19.2 Å². The largest absolute Gasteiger partial charge is 0.497 e. The van der Waals surface area contributed by atoms with E-state index in [-0.39, 0.29) is 21.3 Å². The fraction of sp³-hybridized carbons (Fsp3) is 0.136. The number of rotatable bonds is 6. The van der Waals surface area contributed by atoms with Gasteiger partial charge in [-0.25, -0.2) is 0 Å². The molecule has 2 aliphatic rings. The molecule has 1 saturated heterocycles. The minimum Gasteiger partial charge on any atom is -0.497 e. The molecule has 0 saturated carbocycles. The number of ether oxygens (including phenoxy) is 1. The summed E-state index contributed by atoms with van der Waals surface area (Å²) in [6, 6.07) is 13.5. The molecular formula is C22H17N3O6S2. The van der Waals surface area contributed by atoms with Crippen molar-refractivity contribution in [3.05, 3.63) is 59.0 Å². The third kappa shape index (κ3) is 4.32. The molecule has 0 unspecified atom stereocenters. The van der Waals surface area contributed by atoms with Crippen LogP contribution in [0.15, 0.2) is 53.4 Å². The standard InChI is InChI=1S/C22H17N3O6S2/c1-31-13-8-6-12(7-9-13)23-16(26)10-24-15-5-3-2-4-14(15)18(20(24)29)19-21(30)25(11-17(27)28)22(32)33-19/h2-9H,10-11H2,1H3,(H,23,26)(H,27,28)/b19-18-. The van der Waals surface area contributed by atoms with Crippen LogP contribution in [0.1, 0.15) is 5.56 Å². The second-order valence-electron chi connectivity index (χ2n) is 7.04. The maximum absolute atomic E-state index is 13.3. The van der Waals surface area contributed by atoms with Gasteiger partial charge in [0.05, 0.1) is 23.3 Å². The molecule has 0 radical (unpaired) electrons. The molecule has 2 aliphatic heterocycles.